The molecule has 0 aromatic heterocycles. The predicted octanol–water partition coefficient (Wildman–Crippen LogP) is 2.82. The molecule has 2 aromatic rings. The van der Waals surface area contributed by atoms with Gasteiger partial charge in [0.15, 0.2) is 0 Å². The van der Waals surface area contributed by atoms with Gasteiger partial charge in [-0.05, 0) is 43.3 Å². The van der Waals surface area contributed by atoms with Crippen molar-refractivity contribution >= 4 is 29.1 Å². The second kappa shape index (κ2) is 8.97. The van der Waals surface area contributed by atoms with Crippen molar-refractivity contribution in [2.75, 3.05) is 38.2 Å². The minimum absolute atomic E-state index is 0.0882. The van der Waals surface area contributed by atoms with Gasteiger partial charge in [-0.15, -0.1) is 0 Å². The van der Waals surface area contributed by atoms with Crippen molar-refractivity contribution in [3.63, 3.8) is 0 Å². The summed E-state index contributed by atoms with van der Waals surface area (Å²) in [4.78, 5) is 29.1. The third kappa shape index (κ3) is 4.57. The Labute approximate surface area is 170 Å². The van der Waals surface area contributed by atoms with Gasteiger partial charge in [0.1, 0.15) is 11.8 Å². The molecule has 1 fully saturated rings. The van der Waals surface area contributed by atoms with Crippen LogP contribution in [0.4, 0.5) is 5.69 Å². The molecule has 1 heterocycles. The minimum Gasteiger partial charge on any atom is -0.497 e. The van der Waals surface area contributed by atoms with Crippen LogP contribution in [-0.4, -0.2) is 56.0 Å². The van der Waals surface area contributed by atoms with E-state index < -0.39 is 6.04 Å². The molecular formula is C21H24ClN3O3. The lowest BCUT2D eigenvalue weighted by atomic mass is 10.1. The van der Waals surface area contributed by atoms with E-state index >= 15 is 0 Å². The highest BCUT2D eigenvalue weighted by Gasteiger charge is 2.26. The number of ether oxygens (including phenoxy) is 1. The van der Waals surface area contributed by atoms with Crippen LogP contribution < -0.4 is 15.0 Å². The average molecular weight is 402 g/mol. The van der Waals surface area contributed by atoms with E-state index in [1.54, 1.807) is 43.2 Å². The lowest BCUT2D eigenvalue weighted by Crippen LogP contribution is -2.54. The number of nitrogens with zero attached hydrogens (tertiary/aromatic N) is 2. The summed E-state index contributed by atoms with van der Waals surface area (Å²) >= 11 is 6.05. The first-order valence-corrected chi connectivity index (χ1v) is 9.60. The van der Waals surface area contributed by atoms with Gasteiger partial charge in [-0.2, -0.15) is 0 Å². The molecule has 0 saturated carbocycles. The van der Waals surface area contributed by atoms with Crippen LogP contribution in [0.15, 0.2) is 48.5 Å². The average Bonchev–Trinajstić information content (AvgIpc) is 2.73. The van der Waals surface area contributed by atoms with Gasteiger partial charge in [-0.25, -0.2) is 0 Å². The number of hydrogen-bond acceptors (Lipinski definition) is 4. The van der Waals surface area contributed by atoms with Gasteiger partial charge < -0.3 is 19.9 Å². The fraction of sp³-hybridized carbons (Fsp3) is 0.333. The molecule has 0 bridgehead atoms. The summed E-state index contributed by atoms with van der Waals surface area (Å²) in [5, 5.41) is 3.12. The fourth-order valence-corrected chi connectivity index (χ4v) is 3.45. The maximum absolute atomic E-state index is 12.7. The third-order valence-corrected chi connectivity index (χ3v) is 5.20. The van der Waals surface area contributed by atoms with Crippen LogP contribution in [0.25, 0.3) is 0 Å². The Morgan fingerprint density at radius 3 is 2.29 bits per heavy atom. The first-order valence-electron chi connectivity index (χ1n) is 9.23. The van der Waals surface area contributed by atoms with Gasteiger partial charge >= 0.3 is 0 Å². The Kier molecular flexibility index (Phi) is 6.41. The zero-order valence-electron chi connectivity index (χ0n) is 16.0. The molecule has 0 radical (unpaired) electrons. The van der Waals surface area contributed by atoms with Crippen LogP contribution in [0, 0.1) is 0 Å². The van der Waals surface area contributed by atoms with E-state index in [-0.39, 0.29) is 11.8 Å². The van der Waals surface area contributed by atoms with Gasteiger partial charge in [0.05, 0.1) is 17.7 Å². The molecule has 1 aliphatic rings. The lowest BCUT2D eigenvalue weighted by molar-refractivity contribution is -0.133. The second-order valence-corrected chi connectivity index (χ2v) is 7.09. The topological polar surface area (TPSA) is 61.9 Å². The van der Waals surface area contributed by atoms with Crippen molar-refractivity contribution in [3.8, 4) is 5.75 Å². The van der Waals surface area contributed by atoms with Crippen molar-refractivity contribution in [3.05, 3.63) is 59.1 Å². The summed E-state index contributed by atoms with van der Waals surface area (Å²) < 4.78 is 5.19. The Hall–Kier alpha value is -2.73. The molecule has 1 aliphatic heterocycles. The number of amides is 2. The van der Waals surface area contributed by atoms with Crippen molar-refractivity contribution in [1.29, 1.82) is 0 Å². The van der Waals surface area contributed by atoms with Crippen LogP contribution >= 0.6 is 11.6 Å². The van der Waals surface area contributed by atoms with Crippen LogP contribution in [0.5, 0.6) is 5.75 Å². The quantitative estimate of drug-likeness (QED) is 0.836. The van der Waals surface area contributed by atoms with Crippen LogP contribution in [0.1, 0.15) is 17.3 Å². The number of anilines is 1. The van der Waals surface area contributed by atoms with E-state index in [9.17, 15) is 9.59 Å². The zero-order valence-corrected chi connectivity index (χ0v) is 16.8. The van der Waals surface area contributed by atoms with E-state index in [1.165, 1.54) is 0 Å². The fourth-order valence-electron chi connectivity index (χ4n) is 3.23. The Morgan fingerprint density at radius 1 is 1.04 bits per heavy atom. The van der Waals surface area contributed by atoms with Crippen LogP contribution in [0.3, 0.4) is 0 Å². The summed E-state index contributed by atoms with van der Waals surface area (Å²) in [6, 6.07) is 14.1. The van der Waals surface area contributed by atoms with Crippen LogP contribution in [-0.2, 0) is 4.79 Å². The number of methoxy groups -OCH3 is 1. The highest BCUT2D eigenvalue weighted by molar-refractivity contribution is 6.33. The van der Waals surface area contributed by atoms with Gasteiger partial charge in [0.25, 0.3) is 5.91 Å². The number of halogens is 1. The highest BCUT2D eigenvalue weighted by atomic mass is 35.5. The van der Waals surface area contributed by atoms with Crippen LogP contribution in [0.2, 0.25) is 5.02 Å². The van der Waals surface area contributed by atoms with E-state index in [1.807, 2.05) is 24.3 Å². The van der Waals surface area contributed by atoms with Gasteiger partial charge in [0, 0.05) is 31.9 Å². The Bertz CT molecular complexity index is 833. The van der Waals surface area contributed by atoms with Crippen molar-refractivity contribution in [1.82, 2.24) is 10.2 Å². The van der Waals surface area contributed by atoms with Gasteiger partial charge in [0.2, 0.25) is 5.91 Å². The van der Waals surface area contributed by atoms with Crippen molar-refractivity contribution in [2.45, 2.75) is 13.0 Å². The number of benzene rings is 2. The lowest BCUT2D eigenvalue weighted by Gasteiger charge is -2.37. The number of rotatable bonds is 5. The Balaban J connectivity index is 1.54. The van der Waals surface area contributed by atoms with E-state index in [2.05, 4.69) is 10.2 Å². The SMILES string of the molecule is COc1ccc(N2CCN(C(=O)[C@@H](C)NC(=O)c3ccccc3Cl)CC2)cc1. The molecular weight excluding hydrogens is 378 g/mol. The first kappa shape index (κ1) is 20.0. The summed E-state index contributed by atoms with van der Waals surface area (Å²) in [7, 11) is 1.64. The molecule has 0 unspecified atom stereocenters. The van der Waals surface area contributed by atoms with Crippen molar-refractivity contribution in [2.24, 2.45) is 0 Å². The smallest absolute Gasteiger partial charge is 0.253 e. The summed E-state index contributed by atoms with van der Waals surface area (Å²) in [6.45, 7) is 4.40. The molecule has 1 atom stereocenters. The first-order chi connectivity index (χ1) is 13.5. The molecule has 2 amide bonds. The Morgan fingerprint density at radius 2 is 1.68 bits per heavy atom. The third-order valence-electron chi connectivity index (χ3n) is 4.87. The van der Waals surface area contributed by atoms with Crippen molar-refractivity contribution < 1.29 is 14.3 Å². The second-order valence-electron chi connectivity index (χ2n) is 6.69. The maximum atomic E-state index is 12.7. The number of nitrogens with one attached hydrogen (secondary N) is 1. The number of piperazine rings is 1. The zero-order chi connectivity index (χ0) is 20.1. The predicted molar refractivity (Wildman–Crippen MR) is 110 cm³/mol. The molecule has 2 aromatic carbocycles. The normalized spacial score (nSPS) is 15.1. The number of hydrogen-bond donors (Lipinski definition) is 1. The molecule has 1 N–H and O–H groups in total. The van der Waals surface area contributed by atoms with Gasteiger partial charge in [-0.1, -0.05) is 23.7 Å². The molecule has 28 heavy (non-hydrogen) atoms. The van der Waals surface area contributed by atoms with E-state index in [0.29, 0.717) is 23.7 Å². The highest BCUT2D eigenvalue weighted by Crippen LogP contribution is 2.21. The summed E-state index contributed by atoms with van der Waals surface area (Å²) in [5.74, 6) is 0.388. The molecule has 3 rings (SSSR count). The molecule has 0 aliphatic carbocycles. The van der Waals surface area contributed by atoms with E-state index in [0.717, 1.165) is 24.5 Å². The minimum atomic E-state index is -0.615. The monoisotopic (exact) mass is 401 g/mol. The number of carbonyl (C=O) groups is 2. The molecule has 7 heteroatoms. The number of carbonyl (C=O) groups excluding carboxylic acids is 2. The molecule has 6 nitrogen and oxygen atoms in total. The molecule has 148 valence electrons. The largest absolute Gasteiger partial charge is 0.497 e. The summed E-state index contributed by atoms with van der Waals surface area (Å²) in [5.41, 5.74) is 1.47. The van der Waals surface area contributed by atoms with E-state index in [4.69, 9.17) is 16.3 Å². The van der Waals surface area contributed by atoms with Gasteiger partial charge in [-0.3, -0.25) is 9.59 Å². The molecule has 1 saturated heterocycles. The summed E-state index contributed by atoms with van der Waals surface area (Å²) in [6.07, 6.45) is 0. The standard InChI is InChI=1S/C21H24ClN3O3/c1-15(23-20(26)18-5-3-4-6-19(18)22)21(27)25-13-11-24(12-14-25)16-7-9-17(28-2)10-8-16/h3-10,15H,11-14H2,1-2H3,(H,23,26)/t15-/m1/s1. The maximum Gasteiger partial charge on any atom is 0.253 e. The molecule has 0 spiro atoms.